The molecule has 0 spiro atoms. The van der Waals surface area contributed by atoms with Crippen molar-refractivity contribution < 1.29 is 19.5 Å². The zero-order valence-corrected chi connectivity index (χ0v) is 24.7. The quantitative estimate of drug-likeness (QED) is 0.353. The molecule has 0 unspecified atom stereocenters. The first-order chi connectivity index (χ1) is 19.1. The van der Waals surface area contributed by atoms with Crippen LogP contribution in [0.15, 0.2) is 48.5 Å². The van der Waals surface area contributed by atoms with Crippen molar-refractivity contribution in [2.75, 3.05) is 26.2 Å². The molecule has 0 aromatic heterocycles. The summed E-state index contributed by atoms with van der Waals surface area (Å²) in [7, 11) is 0. The van der Waals surface area contributed by atoms with E-state index in [1.54, 1.807) is 17.0 Å². The van der Waals surface area contributed by atoms with Crippen LogP contribution in [0, 0.1) is 12.8 Å². The maximum absolute atomic E-state index is 13.5. The van der Waals surface area contributed by atoms with Gasteiger partial charge in [0.2, 0.25) is 5.91 Å². The van der Waals surface area contributed by atoms with Gasteiger partial charge in [0.05, 0.1) is 12.1 Å². The number of amides is 3. The smallest absolute Gasteiger partial charge is 0.253 e. The van der Waals surface area contributed by atoms with Crippen LogP contribution in [0.5, 0.6) is 0 Å². The van der Waals surface area contributed by atoms with Crippen molar-refractivity contribution in [3.8, 4) is 0 Å². The summed E-state index contributed by atoms with van der Waals surface area (Å²) >= 11 is 0. The fourth-order valence-corrected chi connectivity index (χ4v) is 5.33. The van der Waals surface area contributed by atoms with Gasteiger partial charge in [0, 0.05) is 43.9 Å². The van der Waals surface area contributed by atoms with Gasteiger partial charge in [-0.3, -0.25) is 14.4 Å². The fraction of sp³-hybridized carbons (Fsp3) is 0.531. The molecule has 1 aliphatic heterocycles. The predicted octanol–water partition coefficient (Wildman–Crippen LogP) is 3.76. The summed E-state index contributed by atoms with van der Waals surface area (Å²) in [5.41, 5.74) is 2.68. The Morgan fingerprint density at radius 2 is 1.73 bits per heavy atom. The van der Waals surface area contributed by atoms with Crippen LogP contribution < -0.4 is 10.6 Å². The maximum atomic E-state index is 13.5. The highest BCUT2D eigenvalue weighted by Gasteiger charge is 2.38. The highest BCUT2D eigenvalue weighted by atomic mass is 16.3. The third-order valence-electron chi connectivity index (χ3n) is 7.20. The molecule has 1 fully saturated rings. The minimum absolute atomic E-state index is 0.0873. The van der Waals surface area contributed by atoms with Crippen molar-refractivity contribution in [2.24, 2.45) is 5.92 Å². The first-order valence-corrected chi connectivity index (χ1v) is 14.6. The summed E-state index contributed by atoms with van der Waals surface area (Å²) in [6, 6.07) is 13.5. The first kappa shape index (κ1) is 31.3. The van der Waals surface area contributed by atoms with Crippen molar-refractivity contribution in [2.45, 2.75) is 78.6 Å². The largest absolute Gasteiger partial charge is 0.389 e. The molecule has 0 radical (unpaired) electrons. The van der Waals surface area contributed by atoms with E-state index in [9.17, 15) is 19.5 Å². The van der Waals surface area contributed by atoms with Crippen molar-refractivity contribution >= 4 is 17.7 Å². The van der Waals surface area contributed by atoms with Gasteiger partial charge in [-0.25, -0.2) is 0 Å². The number of rotatable bonds is 13. The molecule has 3 rings (SSSR count). The number of aliphatic hydroxyl groups excluding tert-OH is 1. The van der Waals surface area contributed by atoms with Crippen LogP contribution in [0.2, 0.25) is 0 Å². The van der Waals surface area contributed by atoms with Gasteiger partial charge in [0.15, 0.2) is 0 Å². The van der Waals surface area contributed by atoms with Gasteiger partial charge < -0.3 is 25.5 Å². The summed E-state index contributed by atoms with van der Waals surface area (Å²) in [6.45, 7) is 12.9. The molecular weight excluding hydrogens is 504 g/mol. The van der Waals surface area contributed by atoms with E-state index in [0.29, 0.717) is 50.3 Å². The number of nitrogens with zero attached hydrogens (tertiary/aromatic N) is 2. The highest BCUT2D eigenvalue weighted by molar-refractivity contribution is 6.00. The van der Waals surface area contributed by atoms with Gasteiger partial charge in [0.25, 0.3) is 11.8 Å². The van der Waals surface area contributed by atoms with Gasteiger partial charge >= 0.3 is 0 Å². The van der Waals surface area contributed by atoms with E-state index >= 15 is 0 Å². The van der Waals surface area contributed by atoms with Crippen molar-refractivity contribution in [1.82, 2.24) is 20.4 Å². The number of nitrogens with one attached hydrogen (secondary N) is 2. The Morgan fingerprint density at radius 3 is 2.35 bits per heavy atom. The van der Waals surface area contributed by atoms with Crippen LogP contribution in [-0.4, -0.2) is 77.0 Å². The molecule has 40 heavy (non-hydrogen) atoms. The predicted molar refractivity (Wildman–Crippen MR) is 158 cm³/mol. The Morgan fingerprint density at radius 1 is 1.07 bits per heavy atom. The Kier molecular flexibility index (Phi) is 11.7. The molecule has 0 bridgehead atoms. The average Bonchev–Trinajstić information content (AvgIpc) is 2.93. The Bertz CT molecular complexity index is 1130. The van der Waals surface area contributed by atoms with E-state index < -0.39 is 18.2 Å². The lowest BCUT2D eigenvalue weighted by molar-refractivity contribution is -0.140. The Balaban J connectivity index is 1.78. The molecule has 218 valence electrons. The molecule has 1 heterocycles. The van der Waals surface area contributed by atoms with E-state index in [-0.39, 0.29) is 23.6 Å². The summed E-state index contributed by atoms with van der Waals surface area (Å²) in [6.07, 6.45) is 1.09. The van der Waals surface area contributed by atoms with Crippen LogP contribution in [0.25, 0.3) is 0 Å². The van der Waals surface area contributed by atoms with E-state index in [1.807, 2.05) is 75.9 Å². The van der Waals surface area contributed by atoms with Gasteiger partial charge in [0.1, 0.15) is 6.04 Å². The third-order valence-corrected chi connectivity index (χ3v) is 7.20. The molecule has 3 N–H and O–H groups in total. The molecule has 0 aliphatic carbocycles. The Labute approximate surface area is 239 Å². The molecule has 3 amide bonds. The summed E-state index contributed by atoms with van der Waals surface area (Å²) in [5, 5.41) is 17.6. The molecule has 2 aromatic carbocycles. The highest BCUT2D eigenvalue weighted by Crippen LogP contribution is 2.19. The van der Waals surface area contributed by atoms with Gasteiger partial charge in [-0.2, -0.15) is 0 Å². The minimum atomic E-state index is -1.12. The average molecular weight is 551 g/mol. The van der Waals surface area contributed by atoms with E-state index in [1.165, 1.54) is 0 Å². The zero-order valence-electron chi connectivity index (χ0n) is 24.7. The lowest BCUT2D eigenvalue weighted by Crippen LogP contribution is -2.63. The van der Waals surface area contributed by atoms with E-state index in [4.69, 9.17) is 0 Å². The number of aliphatic hydroxyl groups is 1. The van der Waals surface area contributed by atoms with Gasteiger partial charge in [-0.1, -0.05) is 58.0 Å². The summed E-state index contributed by atoms with van der Waals surface area (Å²) in [4.78, 5) is 43.7. The first-order valence-electron chi connectivity index (χ1n) is 14.6. The van der Waals surface area contributed by atoms with Crippen molar-refractivity contribution in [1.29, 1.82) is 0 Å². The van der Waals surface area contributed by atoms with Gasteiger partial charge in [-0.15, -0.1) is 0 Å². The fourth-order valence-electron chi connectivity index (χ4n) is 5.33. The topological polar surface area (TPSA) is 102 Å². The summed E-state index contributed by atoms with van der Waals surface area (Å²) < 4.78 is 0. The minimum Gasteiger partial charge on any atom is -0.389 e. The molecule has 2 aromatic rings. The lowest BCUT2D eigenvalue weighted by Gasteiger charge is -2.38. The number of hydrogen-bond acceptors (Lipinski definition) is 5. The summed E-state index contributed by atoms with van der Waals surface area (Å²) in [5.74, 6) is -0.466. The van der Waals surface area contributed by atoms with Crippen LogP contribution >= 0.6 is 0 Å². The third kappa shape index (κ3) is 8.38. The van der Waals surface area contributed by atoms with Crippen molar-refractivity contribution in [3.63, 3.8) is 0 Å². The molecule has 0 saturated carbocycles. The second-order valence-electron chi connectivity index (χ2n) is 11.3. The number of benzene rings is 2. The number of hydrogen-bond donors (Lipinski definition) is 3. The van der Waals surface area contributed by atoms with Crippen LogP contribution in [-0.2, 0) is 11.3 Å². The molecule has 8 heteroatoms. The van der Waals surface area contributed by atoms with Crippen LogP contribution in [0.3, 0.4) is 0 Å². The number of piperazine rings is 1. The SMILES string of the molecule is CCCN(CCC)C(=O)c1cc(C)cc(C(=O)N[C@@H](CC(C)C)[C@H](O)[C@@H]2NCCN(Cc3ccccc3)C2=O)c1. The normalized spacial score (nSPS) is 17.0. The Hall–Kier alpha value is -3.23. The second-order valence-corrected chi connectivity index (χ2v) is 11.3. The second kappa shape index (κ2) is 15.0. The van der Waals surface area contributed by atoms with Gasteiger partial charge in [-0.05, 0) is 61.4 Å². The van der Waals surface area contributed by atoms with E-state index in [0.717, 1.165) is 24.0 Å². The van der Waals surface area contributed by atoms with Crippen LogP contribution in [0.4, 0.5) is 0 Å². The lowest BCUT2D eigenvalue weighted by atomic mass is 9.92. The molecule has 1 aliphatic rings. The maximum Gasteiger partial charge on any atom is 0.253 e. The molecule has 1 saturated heterocycles. The zero-order chi connectivity index (χ0) is 29.2. The number of carbonyl (C=O) groups excluding carboxylic acids is 3. The van der Waals surface area contributed by atoms with E-state index in [2.05, 4.69) is 10.6 Å². The standard InChI is InChI=1S/C32H46N4O4/c1-6-14-35(15-7-2)31(39)26-19-23(5)18-25(20-26)30(38)34-27(17-22(3)4)29(37)28-32(40)36(16-13-33-28)21-24-11-9-8-10-12-24/h8-12,18-20,22,27-29,33,37H,6-7,13-17,21H2,1-5H3,(H,34,38)/t27-,28-,29-/m0/s1. The molecular formula is C32H46N4O4. The molecule has 3 atom stereocenters. The monoisotopic (exact) mass is 550 g/mol. The van der Waals surface area contributed by atoms with Crippen LogP contribution in [0.1, 0.15) is 78.8 Å². The molecule has 8 nitrogen and oxygen atoms in total. The number of carbonyl (C=O) groups is 3. The van der Waals surface area contributed by atoms with Crippen molar-refractivity contribution in [3.05, 3.63) is 70.8 Å². The number of aryl methyl sites for hydroxylation is 1.